The Labute approximate surface area is 142 Å². The highest BCUT2D eigenvalue weighted by atomic mass is 19.1. The third-order valence-electron chi connectivity index (χ3n) is 3.70. The number of aliphatic imine (C=N–C) groups is 1. The molecule has 0 unspecified atom stereocenters. The first-order valence-corrected chi connectivity index (χ1v) is 7.81. The number of halogens is 1. The van der Waals surface area contributed by atoms with E-state index in [1.165, 1.54) is 6.07 Å². The number of methoxy groups -OCH3 is 1. The van der Waals surface area contributed by atoms with Crippen LogP contribution in [0, 0.1) is 12.7 Å². The monoisotopic (exact) mass is 330 g/mol. The summed E-state index contributed by atoms with van der Waals surface area (Å²) in [6.45, 7) is 3.18. The number of nitrogens with zero attached hydrogens (tertiary/aromatic N) is 2. The lowest BCUT2D eigenvalue weighted by molar-refractivity contribution is 0.392. The van der Waals surface area contributed by atoms with Gasteiger partial charge in [-0.05, 0) is 42.7 Å². The second-order valence-corrected chi connectivity index (χ2v) is 5.35. The molecule has 6 heteroatoms. The normalized spacial score (nSPS) is 11.2. The van der Waals surface area contributed by atoms with Crippen molar-refractivity contribution >= 4 is 5.96 Å². The zero-order valence-corrected chi connectivity index (χ0v) is 14.3. The maximum atomic E-state index is 13.1. The lowest BCUT2D eigenvalue weighted by atomic mass is 10.1. The van der Waals surface area contributed by atoms with Crippen molar-refractivity contribution in [1.82, 2.24) is 15.6 Å². The van der Waals surface area contributed by atoms with Crippen molar-refractivity contribution in [2.75, 3.05) is 20.7 Å². The standard InChI is InChI=1S/C18H23FN4O/c1-13-11-16(19)7-6-14(13)8-10-22-18(20-2)23-12-15-5-4-9-21-17(15)24-3/h4-7,9,11H,8,10,12H2,1-3H3,(H2,20,22,23). The van der Waals surface area contributed by atoms with Crippen molar-refractivity contribution in [1.29, 1.82) is 0 Å². The molecule has 0 saturated heterocycles. The number of hydrogen-bond donors (Lipinski definition) is 2. The average molecular weight is 330 g/mol. The van der Waals surface area contributed by atoms with Crippen molar-refractivity contribution in [3.63, 3.8) is 0 Å². The lowest BCUT2D eigenvalue weighted by Crippen LogP contribution is -2.38. The third-order valence-corrected chi connectivity index (χ3v) is 3.70. The van der Waals surface area contributed by atoms with Gasteiger partial charge in [-0.1, -0.05) is 12.1 Å². The van der Waals surface area contributed by atoms with Crippen molar-refractivity contribution in [3.05, 3.63) is 59.0 Å². The van der Waals surface area contributed by atoms with E-state index in [4.69, 9.17) is 4.74 Å². The molecule has 1 aromatic carbocycles. The lowest BCUT2D eigenvalue weighted by Gasteiger charge is -2.13. The molecule has 2 aromatic rings. The van der Waals surface area contributed by atoms with Gasteiger partial charge in [-0.15, -0.1) is 0 Å². The van der Waals surface area contributed by atoms with Crippen molar-refractivity contribution in [2.24, 2.45) is 4.99 Å². The summed E-state index contributed by atoms with van der Waals surface area (Å²) in [5.41, 5.74) is 3.03. The van der Waals surface area contributed by atoms with Gasteiger partial charge in [0.15, 0.2) is 5.96 Å². The van der Waals surface area contributed by atoms with Gasteiger partial charge in [0.1, 0.15) is 5.82 Å². The Morgan fingerprint density at radius 2 is 2.08 bits per heavy atom. The highest BCUT2D eigenvalue weighted by molar-refractivity contribution is 5.79. The molecule has 1 aromatic heterocycles. The Morgan fingerprint density at radius 3 is 2.79 bits per heavy atom. The molecule has 0 radical (unpaired) electrons. The molecule has 0 aliphatic carbocycles. The van der Waals surface area contributed by atoms with Gasteiger partial charge in [0, 0.05) is 31.9 Å². The molecule has 1 heterocycles. The average Bonchev–Trinajstić information content (AvgIpc) is 2.59. The number of nitrogens with one attached hydrogen (secondary N) is 2. The van der Waals surface area contributed by atoms with Crippen molar-refractivity contribution in [3.8, 4) is 5.88 Å². The van der Waals surface area contributed by atoms with Gasteiger partial charge in [-0.3, -0.25) is 4.99 Å². The predicted molar refractivity (Wildman–Crippen MR) is 93.8 cm³/mol. The molecule has 0 bridgehead atoms. The molecular weight excluding hydrogens is 307 g/mol. The zero-order valence-electron chi connectivity index (χ0n) is 14.3. The maximum absolute atomic E-state index is 13.1. The number of ether oxygens (including phenoxy) is 1. The van der Waals surface area contributed by atoms with Gasteiger partial charge >= 0.3 is 0 Å². The van der Waals surface area contributed by atoms with E-state index in [0.29, 0.717) is 24.9 Å². The minimum absolute atomic E-state index is 0.202. The van der Waals surface area contributed by atoms with Crippen LogP contribution in [0.2, 0.25) is 0 Å². The molecule has 0 aliphatic heterocycles. The number of rotatable bonds is 6. The van der Waals surface area contributed by atoms with Crippen LogP contribution in [0.15, 0.2) is 41.5 Å². The SMILES string of the molecule is CN=C(NCCc1ccc(F)cc1C)NCc1cccnc1OC. The van der Waals surface area contributed by atoms with Crippen LogP contribution in [0.25, 0.3) is 0 Å². The number of guanidine groups is 1. The summed E-state index contributed by atoms with van der Waals surface area (Å²) in [4.78, 5) is 8.37. The van der Waals surface area contributed by atoms with Crippen LogP contribution in [0.3, 0.4) is 0 Å². The minimum Gasteiger partial charge on any atom is -0.481 e. The topological polar surface area (TPSA) is 58.5 Å². The van der Waals surface area contributed by atoms with Crippen LogP contribution in [-0.4, -0.2) is 31.6 Å². The largest absolute Gasteiger partial charge is 0.481 e. The van der Waals surface area contributed by atoms with Gasteiger partial charge < -0.3 is 15.4 Å². The summed E-state index contributed by atoms with van der Waals surface area (Å²) in [5.74, 6) is 1.09. The first-order valence-electron chi connectivity index (χ1n) is 7.81. The van der Waals surface area contributed by atoms with Crippen molar-refractivity contribution < 1.29 is 9.13 Å². The summed E-state index contributed by atoms with van der Waals surface area (Å²) < 4.78 is 18.3. The quantitative estimate of drug-likeness (QED) is 0.631. The zero-order chi connectivity index (χ0) is 17.4. The van der Waals surface area contributed by atoms with E-state index in [2.05, 4.69) is 20.6 Å². The van der Waals surface area contributed by atoms with E-state index in [1.54, 1.807) is 26.4 Å². The van der Waals surface area contributed by atoms with Crippen LogP contribution < -0.4 is 15.4 Å². The Morgan fingerprint density at radius 1 is 1.25 bits per heavy atom. The van der Waals surface area contributed by atoms with Crippen LogP contribution in [0.1, 0.15) is 16.7 Å². The van der Waals surface area contributed by atoms with E-state index in [9.17, 15) is 4.39 Å². The summed E-state index contributed by atoms with van der Waals surface area (Å²) in [6.07, 6.45) is 2.49. The smallest absolute Gasteiger partial charge is 0.218 e. The number of benzene rings is 1. The highest BCUT2D eigenvalue weighted by Gasteiger charge is 2.05. The number of aromatic nitrogens is 1. The Balaban J connectivity index is 1.84. The van der Waals surface area contributed by atoms with Gasteiger partial charge in [0.05, 0.1) is 7.11 Å². The Kier molecular flexibility index (Phi) is 6.54. The van der Waals surface area contributed by atoms with Crippen LogP contribution in [0.5, 0.6) is 5.88 Å². The molecule has 2 rings (SSSR count). The third kappa shape index (κ3) is 4.94. The first kappa shape index (κ1) is 17.7. The first-order chi connectivity index (χ1) is 11.6. The van der Waals surface area contributed by atoms with E-state index in [0.717, 1.165) is 23.1 Å². The van der Waals surface area contributed by atoms with E-state index < -0.39 is 0 Å². The van der Waals surface area contributed by atoms with Gasteiger partial charge in [0.25, 0.3) is 0 Å². The van der Waals surface area contributed by atoms with Crippen LogP contribution in [-0.2, 0) is 13.0 Å². The van der Waals surface area contributed by atoms with Gasteiger partial charge in [-0.25, -0.2) is 9.37 Å². The van der Waals surface area contributed by atoms with Crippen molar-refractivity contribution in [2.45, 2.75) is 19.9 Å². The molecule has 0 amide bonds. The maximum Gasteiger partial charge on any atom is 0.218 e. The van der Waals surface area contributed by atoms with Gasteiger partial charge in [-0.2, -0.15) is 0 Å². The molecular formula is C18H23FN4O. The Bertz CT molecular complexity index is 703. The Hall–Kier alpha value is -2.63. The predicted octanol–water partition coefficient (Wildman–Crippen LogP) is 2.45. The molecule has 0 spiro atoms. The highest BCUT2D eigenvalue weighted by Crippen LogP contribution is 2.13. The van der Waals surface area contributed by atoms with E-state index in [-0.39, 0.29) is 5.82 Å². The molecule has 0 aliphatic rings. The molecule has 5 nitrogen and oxygen atoms in total. The second-order valence-electron chi connectivity index (χ2n) is 5.35. The summed E-state index contributed by atoms with van der Waals surface area (Å²) in [6, 6.07) is 8.69. The van der Waals surface area contributed by atoms with Crippen LogP contribution >= 0.6 is 0 Å². The van der Waals surface area contributed by atoms with Crippen LogP contribution in [0.4, 0.5) is 4.39 Å². The molecule has 0 saturated carbocycles. The number of aryl methyl sites for hydroxylation is 1. The summed E-state index contributed by atoms with van der Waals surface area (Å²) in [5, 5.41) is 6.48. The number of hydrogen-bond acceptors (Lipinski definition) is 3. The summed E-state index contributed by atoms with van der Waals surface area (Å²) >= 11 is 0. The molecule has 0 fully saturated rings. The van der Waals surface area contributed by atoms with Gasteiger partial charge in [0.2, 0.25) is 5.88 Å². The molecule has 0 atom stereocenters. The fourth-order valence-electron chi connectivity index (χ4n) is 2.40. The number of pyridine rings is 1. The fraction of sp³-hybridized carbons (Fsp3) is 0.333. The summed E-state index contributed by atoms with van der Waals surface area (Å²) in [7, 11) is 3.32. The van der Waals surface area contributed by atoms with E-state index in [1.807, 2.05) is 25.1 Å². The van der Waals surface area contributed by atoms with E-state index >= 15 is 0 Å². The fourth-order valence-corrected chi connectivity index (χ4v) is 2.40. The molecule has 128 valence electrons. The minimum atomic E-state index is -0.202. The molecule has 2 N–H and O–H groups in total. The molecule has 24 heavy (non-hydrogen) atoms. The second kappa shape index (κ2) is 8.86.